The van der Waals surface area contributed by atoms with Gasteiger partial charge < -0.3 is 15.0 Å². The molecule has 1 aromatic carbocycles. The molecule has 1 amide bonds. The summed E-state index contributed by atoms with van der Waals surface area (Å²) in [6.07, 6.45) is 0.897. The fraction of sp³-hybridized carbons (Fsp3) is 0.562. The number of ether oxygens (including phenoxy) is 1. The summed E-state index contributed by atoms with van der Waals surface area (Å²) in [6.45, 7) is 6.69. The number of quaternary nitrogens is 1. The van der Waals surface area contributed by atoms with Gasteiger partial charge in [-0.15, -0.1) is 0 Å². The van der Waals surface area contributed by atoms with Crippen molar-refractivity contribution in [1.82, 2.24) is 5.32 Å². The number of carbonyl (C=O) groups excluding carboxylic acids is 1. The molecule has 116 valence electrons. The van der Waals surface area contributed by atoms with E-state index in [0.717, 1.165) is 13.1 Å². The maximum absolute atomic E-state index is 13.4. The Hall–Kier alpha value is -1.46. The average molecular weight is 295 g/mol. The number of nitrogens with one attached hydrogen (secondary N) is 2. The van der Waals surface area contributed by atoms with Gasteiger partial charge in [0.1, 0.15) is 31.1 Å². The van der Waals surface area contributed by atoms with Crippen LogP contribution in [0.4, 0.5) is 4.39 Å². The van der Waals surface area contributed by atoms with Crippen LogP contribution in [-0.4, -0.2) is 44.3 Å². The molecular weight excluding hydrogens is 271 g/mol. The SMILES string of the molecule is C[C@@H]1C[NH+](CC(=O)NCCc2ccccc2F)C[C@@H](C)O1. The minimum absolute atomic E-state index is 0.0163. The molecule has 2 N–H and O–H groups in total. The van der Waals surface area contributed by atoms with Crippen LogP contribution in [0.3, 0.4) is 0 Å². The first-order valence-electron chi connectivity index (χ1n) is 7.53. The van der Waals surface area contributed by atoms with Gasteiger partial charge >= 0.3 is 0 Å². The van der Waals surface area contributed by atoms with Crippen molar-refractivity contribution in [3.8, 4) is 0 Å². The van der Waals surface area contributed by atoms with E-state index in [4.69, 9.17) is 4.74 Å². The summed E-state index contributed by atoms with van der Waals surface area (Å²) in [5, 5.41) is 2.87. The Balaban J connectivity index is 1.71. The van der Waals surface area contributed by atoms with Crippen molar-refractivity contribution in [1.29, 1.82) is 0 Å². The Morgan fingerprint density at radius 1 is 1.33 bits per heavy atom. The van der Waals surface area contributed by atoms with E-state index in [-0.39, 0.29) is 23.9 Å². The third kappa shape index (κ3) is 5.10. The number of hydrogen-bond donors (Lipinski definition) is 2. The maximum Gasteiger partial charge on any atom is 0.275 e. The molecule has 0 aliphatic carbocycles. The first-order chi connectivity index (χ1) is 10.0. The van der Waals surface area contributed by atoms with Crippen LogP contribution in [0.15, 0.2) is 24.3 Å². The molecular formula is C16H24FN2O2+. The molecule has 0 bridgehead atoms. The Morgan fingerprint density at radius 3 is 2.67 bits per heavy atom. The van der Waals surface area contributed by atoms with Crippen LogP contribution >= 0.6 is 0 Å². The summed E-state index contributed by atoms with van der Waals surface area (Å²) in [5.74, 6) is -0.198. The number of morpholine rings is 1. The average Bonchev–Trinajstić information content (AvgIpc) is 2.39. The van der Waals surface area contributed by atoms with Crippen LogP contribution in [0.2, 0.25) is 0 Å². The van der Waals surface area contributed by atoms with Crippen LogP contribution in [-0.2, 0) is 16.0 Å². The van der Waals surface area contributed by atoms with E-state index in [1.165, 1.54) is 11.0 Å². The van der Waals surface area contributed by atoms with Gasteiger partial charge in [-0.1, -0.05) is 18.2 Å². The third-order valence-electron chi connectivity index (χ3n) is 3.70. The second kappa shape index (κ2) is 7.52. The molecule has 0 saturated carbocycles. The summed E-state index contributed by atoms with van der Waals surface area (Å²) in [5.41, 5.74) is 0.638. The summed E-state index contributed by atoms with van der Waals surface area (Å²) < 4.78 is 19.1. The van der Waals surface area contributed by atoms with Crippen LogP contribution in [0.1, 0.15) is 19.4 Å². The van der Waals surface area contributed by atoms with E-state index >= 15 is 0 Å². The molecule has 0 spiro atoms. The van der Waals surface area contributed by atoms with Crippen LogP contribution < -0.4 is 10.2 Å². The third-order valence-corrected chi connectivity index (χ3v) is 3.70. The van der Waals surface area contributed by atoms with E-state index in [1.807, 2.05) is 13.8 Å². The zero-order valence-corrected chi connectivity index (χ0v) is 12.7. The van der Waals surface area contributed by atoms with Crippen molar-refractivity contribution in [3.05, 3.63) is 35.6 Å². The summed E-state index contributed by atoms with van der Waals surface area (Å²) in [7, 11) is 0. The monoisotopic (exact) mass is 295 g/mol. The van der Waals surface area contributed by atoms with Gasteiger partial charge in [-0.25, -0.2) is 4.39 Å². The predicted octanol–water partition coefficient (Wildman–Crippen LogP) is 0.177. The summed E-state index contributed by atoms with van der Waals surface area (Å²) in [6, 6.07) is 6.66. The first kappa shape index (κ1) is 15.9. The molecule has 21 heavy (non-hydrogen) atoms. The van der Waals surface area contributed by atoms with E-state index < -0.39 is 0 Å². The predicted molar refractivity (Wildman–Crippen MR) is 78.7 cm³/mol. The minimum Gasteiger partial charge on any atom is -0.364 e. The Labute approximate surface area is 125 Å². The molecule has 0 unspecified atom stereocenters. The lowest BCUT2D eigenvalue weighted by Gasteiger charge is -2.31. The van der Waals surface area contributed by atoms with E-state index in [1.54, 1.807) is 18.2 Å². The van der Waals surface area contributed by atoms with Gasteiger partial charge in [-0.05, 0) is 31.9 Å². The molecule has 0 aromatic heterocycles. The fourth-order valence-corrected chi connectivity index (χ4v) is 2.86. The summed E-state index contributed by atoms with van der Waals surface area (Å²) in [4.78, 5) is 13.2. The number of amides is 1. The molecule has 1 aliphatic heterocycles. The normalized spacial score (nSPS) is 25.6. The molecule has 2 rings (SSSR count). The van der Waals surface area contributed by atoms with Crippen molar-refractivity contribution in [2.45, 2.75) is 32.5 Å². The highest BCUT2D eigenvalue weighted by molar-refractivity contribution is 5.76. The van der Waals surface area contributed by atoms with Crippen LogP contribution in [0.5, 0.6) is 0 Å². The first-order valence-corrected chi connectivity index (χ1v) is 7.53. The molecule has 1 aliphatic rings. The number of benzene rings is 1. The van der Waals surface area contributed by atoms with Crippen molar-refractivity contribution >= 4 is 5.91 Å². The van der Waals surface area contributed by atoms with Gasteiger partial charge in [0.25, 0.3) is 5.91 Å². The molecule has 4 nitrogen and oxygen atoms in total. The molecule has 1 fully saturated rings. The number of hydrogen-bond acceptors (Lipinski definition) is 2. The van der Waals surface area contributed by atoms with Gasteiger partial charge in [-0.3, -0.25) is 4.79 Å². The van der Waals surface area contributed by atoms with E-state index in [9.17, 15) is 9.18 Å². The molecule has 1 aromatic rings. The largest absolute Gasteiger partial charge is 0.364 e. The quantitative estimate of drug-likeness (QED) is 0.814. The highest BCUT2D eigenvalue weighted by Crippen LogP contribution is 2.06. The molecule has 0 radical (unpaired) electrons. The van der Waals surface area contributed by atoms with Crippen molar-refractivity contribution in [3.63, 3.8) is 0 Å². The van der Waals surface area contributed by atoms with E-state index in [0.29, 0.717) is 25.1 Å². The topological polar surface area (TPSA) is 42.8 Å². The molecule has 5 heteroatoms. The van der Waals surface area contributed by atoms with Crippen molar-refractivity contribution in [2.24, 2.45) is 0 Å². The lowest BCUT2D eigenvalue weighted by Crippen LogP contribution is -3.16. The van der Waals surface area contributed by atoms with Crippen LogP contribution in [0.25, 0.3) is 0 Å². The second-order valence-electron chi connectivity index (χ2n) is 5.78. The second-order valence-corrected chi connectivity index (χ2v) is 5.78. The number of rotatable bonds is 5. The fourth-order valence-electron chi connectivity index (χ4n) is 2.86. The highest BCUT2D eigenvalue weighted by atomic mass is 19.1. The Kier molecular flexibility index (Phi) is 5.70. The number of carbonyl (C=O) groups is 1. The van der Waals surface area contributed by atoms with Crippen LogP contribution in [0, 0.1) is 5.82 Å². The molecule has 2 atom stereocenters. The zero-order valence-electron chi connectivity index (χ0n) is 12.7. The Bertz CT molecular complexity index is 471. The van der Waals surface area contributed by atoms with Gasteiger partial charge in [0.05, 0.1) is 0 Å². The van der Waals surface area contributed by atoms with Gasteiger partial charge in [0.15, 0.2) is 6.54 Å². The van der Waals surface area contributed by atoms with E-state index in [2.05, 4.69) is 5.32 Å². The van der Waals surface area contributed by atoms with Gasteiger partial charge in [-0.2, -0.15) is 0 Å². The van der Waals surface area contributed by atoms with Gasteiger partial charge in [0, 0.05) is 6.54 Å². The number of halogens is 1. The standard InChI is InChI=1S/C16H23FN2O2/c1-12-9-19(10-13(2)21-12)11-16(20)18-8-7-14-5-3-4-6-15(14)17/h3-6,12-13H,7-11H2,1-2H3,(H,18,20)/p+1/t12-,13-/m1/s1. The molecule has 1 saturated heterocycles. The van der Waals surface area contributed by atoms with Gasteiger partial charge in [0.2, 0.25) is 0 Å². The minimum atomic E-state index is -0.215. The Morgan fingerprint density at radius 2 is 2.00 bits per heavy atom. The van der Waals surface area contributed by atoms with Crippen molar-refractivity contribution in [2.75, 3.05) is 26.2 Å². The lowest BCUT2D eigenvalue weighted by molar-refractivity contribution is -0.907. The highest BCUT2D eigenvalue weighted by Gasteiger charge is 2.26. The maximum atomic E-state index is 13.4. The molecule has 1 heterocycles. The van der Waals surface area contributed by atoms with Crippen molar-refractivity contribution < 1.29 is 18.8 Å². The summed E-state index contributed by atoms with van der Waals surface area (Å²) >= 11 is 0. The lowest BCUT2D eigenvalue weighted by atomic mass is 10.1. The zero-order chi connectivity index (χ0) is 15.2. The smallest absolute Gasteiger partial charge is 0.275 e.